The van der Waals surface area contributed by atoms with E-state index in [0.29, 0.717) is 6.29 Å². The minimum atomic E-state index is -4.60. The minimum absolute atomic E-state index is 0.0166. The van der Waals surface area contributed by atoms with E-state index >= 15 is 0 Å². The number of anilines is 1. The summed E-state index contributed by atoms with van der Waals surface area (Å²) >= 11 is 0. The first kappa shape index (κ1) is 15.8. The lowest BCUT2D eigenvalue weighted by Gasteiger charge is -2.26. The predicted molar refractivity (Wildman–Crippen MR) is 72.3 cm³/mol. The molecule has 2 rings (SSSR count). The number of rotatable bonds is 2. The Morgan fingerprint density at radius 1 is 1.14 bits per heavy atom. The second-order valence-electron chi connectivity index (χ2n) is 4.88. The zero-order chi connectivity index (χ0) is 15.7. The Balaban J connectivity index is 2.41. The van der Waals surface area contributed by atoms with E-state index in [-0.39, 0.29) is 42.3 Å². The Kier molecular flexibility index (Phi) is 4.27. The van der Waals surface area contributed by atoms with Crippen molar-refractivity contribution in [2.24, 2.45) is 0 Å². The third-order valence-electron chi connectivity index (χ3n) is 3.36. The van der Waals surface area contributed by atoms with Crippen LogP contribution in [0.5, 0.6) is 0 Å². The molecule has 0 unspecified atom stereocenters. The van der Waals surface area contributed by atoms with Crippen LogP contribution in [0.1, 0.15) is 22.3 Å². The van der Waals surface area contributed by atoms with E-state index in [1.54, 1.807) is 0 Å². The Hall–Kier alpha value is -1.57. The van der Waals surface area contributed by atoms with Crippen molar-refractivity contribution < 1.29 is 26.4 Å². The van der Waals surface area contributed by atoms with Crippen molar-refractivity contribution in [3.8, 4) is 0 Å². The zero-order valence-electron chi connectivity index (χ0n) is 11.1. The number of alkyl halides is 3. The van der Waals surface area contributed by atoms with Gasteiger partial charge in [-0.15, -0.1) is 0 Å². The average Bonchev–Trinajstić information content (AvgIpc) is 2.58. The lowest BCUT2D eigenvalue weighted by molar-refractivity contribution is -0.137. The molecule has 0 aromatic heterocycles. The van der Waals surface area contributed by atoms with E-state index in [1.807, 2.05) is 0 Å². The molecule has 1 fully saturated rings. The number of benzene rings is 1. The number of sulfone groups is 1. The maximum Gasteiger partial charge on any atom is 0.418 e. The third kappa shape index (κ3) is 3.75. The summed E-state index contributed by atoms with van der Waals surface area (Å²) in [5.74, 6) is -0.184. The first-order valence-corrected chi connectivity index (χ1v) is 8.17. The van der Waals surface area contributed by atoms with Gasteiger partial charge in [0, 0.05) is 24.3 Å². The molecule has 8 heteroatoms. The first-order chi connectivity index (χ1) is 9.73. The fourth-order valence-corrected chi connectivity index (χ4v) is 3.58. The molecule has 1 aromatic rings. The molecule has 1 saturated heterocycles. The fourth-order valence-electron chi connectivity index (χ4n) is 2.31. The van der Waals surface area contributed by atoms with E-state index in [9.17, 15) is 26.4 Å². The molecule has 0 aliphatic carbocycles. The monoisotopic (exact) mass is 321 g/mol. The summed E-state index contributed by atoms with van der Waals surface area (Å²) in [6.07, 6.45) is -3.96. The zero-order valence-corrected chi connectivity index (χ0v) is 11.9. The largest absolute Gasteiger partial charge is 0.418 e. The molecule has 0 saturated carbocycles. The smallest absolute Gasteiger partial charge is 0.370 e. The van der Waals surface area contributed by atoms with Crippen LogP contribution in [0.15, 0.2) is 18.2 Å². The third-order valence-corrected chi connectivity index (χ3v) is 5.07. The number of aldehydes is 1. The molecular formula is C13H14F3NO3S. The van der Waals surface area contributed by atoms with Crippen LogP contribution in [-0.4, -0.2) is 39.3 Å². The van der Waals surface area contributed by atoms with Crippen LogP contribution >= 0.6 is 0 Å². The highest BCUT2D eigenvalue weighted by atomic mass is 32.2. The fraction of sp³-hybridized carbons (Fsp3) is 0.462. The summed E-state index contributed by atoms with van der Waals surface area (Å²) in [4.78, 5) is 12.1. The standard InChI is InChI=1S/C13H14F3NO3S/c14-13(15,16)11-8-10(9-18)2-3-12(11)17-4-1-6-21(19,20)7-5-17/h2-3,8-9H,1,4-7H2. The molecule has 1 aliphatic rings. The van der Waals surface area contributed by atoms with Crippen molar-refractivity contribution in [1.29, 1.82) is 0 Å². The van der Waals surface area contributed by atoms with Gasteiger partial charge in [-0.3, -0.25) is 4.79 Å². The number of carbonyl (C=O) groups is 1. The molecule has 4 nitrogen and oxygen atoms in total. The number of halogens is 3. The van der Waals surface area contributed by atoms with E-state index in [4.69, 9.17) is 0 Å². The van der Waals surface area contributed by atoms with Gasteiger partial charge in [-0.1, -0.05) is 0 Å². The van der Waals surface area contributed by atoms with Crippen LogP contribution in [-0.2, 0) is 16.0 Å². The highest BCUT2D eigenvalue weighted by molar-refractivity contribution is 7.91. The minimum Gasteiger partial charge on any atom is -0.370 e. The normalized spacial score (nSPS) is 19.1. The molecular weight excluding hydrogens is 307 g/mol. The molecule has 1 aliphatic heterocycles. The summed E-state index contributed by atoms with van der Waals surface area (Å²) in [6.45, 7) is 0.259. The SMILES string of the molecule is O=Cc1ccc(N2CCCS(=O)(=O)CC2)c(C(F)(F)F)c1. The van der Waals surface area contributed by atoms with Crippen LogP contribution < -0.4 is 4.90 Å². The van der Waals surface area contributed by atoms with E-state index < -0.39 is 21.6 Å². The summed E-state index contributed by atoms with van der Waals surface area (Å²) < 4.78 is 62.4. The Bertz CT molecular complexity index is 641. The van der Waals surface area contributed by atoms with Crippen molar-refractivity contribution in [1.82, 2.24) is 0 Å². The average molecular weight is 321 g/mol. The van der Waals surface area contributed by atoms with E-state index in [0.717, 1.165) is 6.07 Å². The van der Waals surface area contributed by atoms with Gasteiger partial charge in [0.15, 0.2) is 9.84 Å². The van der Waals surface area contributed by atoms with Crippen LogP contribution in [0.4, 0.5) is 18.9 Å². The van der Waals surface area contributed by atoms with Gasteiger partial charge in [0.2, 0.25) is 0 Å². The number of hydrogen-bond acceptors (Lipinski definition) is 4. The van der Waals surface area contributed by atoms with Crippen molar-refractivity contribution in [2.75, 3.05) is 29.5 Å². The summed E-state index contributed by atoms with van der Waals surface area (Å²) in [5.41, 5.74) is -1.05. The molecule has 1 aromatic carbocycles. The Morgan fingerprint density at radius 3 is 2.48 bits per heavy atom. The number of carbonyl (C=O) groups excluding carboxylic acids is 1. The van der Waals surface area contributed by atoms with Crippen molar-refractivity contribution in [3.63, 3.8) is 0 Å². The maximum absolute atomic E-state index is 13.1. The lowest BCUT2D eigenvalue weighted by Crippen LogP contribution is -2.29. The predicted octanol–water partition coefficient (Wildman–Crippen LogP) is 2.14. The number of hydrogen-bond donors (Lipinski definition) is 0. The van der Waals surface area contributed by atoms with Crippen molar-refractivity contribution >= 4 is 21.8 Å². The van der Waals surface area contributed by atoms with Gasteiger partial charge in [0.1, 0.15) is 6.29 Å². The molecule has 0 atom stereocenters. The molecule has 0 radical (unpaired) electrons. The molecule has 0 amide bonds. The molecule has 116 valence electrons. The quantitative estimate of drug-likeness (QED) is 0.783. The van der Waals surface area contributed by atoms with E-state index in [1.165, 1.54) is 17.0 Å². The molecule has 0 spiro atoms. The number of nitrogens with zero attached hydrogens (tertiary/aromatic N) is 1. The van der Waals surface area contributed by atoms with Gasteiger partial charge in [-0.25, -0.2) is 8.42 Å². The Morgan fingerprint density at radius 2 is 1.86 bits per heavy atom. The van der Waals surface area contributed by atoms with Gasteiger partial charge < -0.3 is 4.90 Å². The highest BCUT2D eigenvalue weighted by Crippen LogP contribution is 2.37. The summed E-state index contributed by atoms with van der Waals surface area (Å²) in [5, 5.41) is 0. The lowest BCUT2D eigenvalue weighted by atomic mass is 10.1. The maximum atomic E-state index is 13.1. The van der Waals surface area contributed by atoms with Gasteiger partial charge in [-0.05, 0) is 24.6 Å². The van der Waals surface area contributed by atoms with Crippen molar-refractivity contribution in [2.45, 2.75) is 12.6 Å². The van der Waals surface area contributed by atoms with E-state index in [2.05, 4.69) is 0 Å². The van der Waals surface area contributed by atoms with Gasteiger partial charge in [0.05, 0.1) is 17.1 Å². The molecule has 1 heterocycles. The van der Waals surface area contributed by atoms with Crippen LogP contribution in [0, 0.1) is 0 Å². The summed E-state index contributed by atoms with van der Waals surface area (Å²) in [6, 6.07) is 3.32. The van der Waals surface area contributed by atoms with Crippen LogP contribution in [0.3, 0.4) is 0 Å². The Labute approximate surface area is 120 Å². The molecule has 0 bridgehead atoms. The van der Waals surface area contributed by atoms with Crippen LogP contribution in [0.2, 0.25) is 0 Å². The summed E-state index contributed by atoms with van der Waals surface area (Å²) in [7, 11) is -3.20. The van der Waals surface area contributed by atoms with Gasteiger partial charge in [-0.2, -0.15) is 13.2 Å². The van der Waals surface area contributed by atoms with Gasteiger partial charge in [0.25, 0.3) is 0 Å². The van der Waals surface area contributed by atoms with Crippen LogP contribution in [0.25, 0.3) is 0 Å². The molecule has 21 heavy (non-hydrogen) atoms. The first-order valence-electron chi connectivity index (χ1n) is 6.35. The van der Waals surface area contributed by atoms with Crippen molar-refractivity contribution in [3.05, 3.63) is 29.3 Å². The molecule has 0 N–H and O–H groups in total. The van der Waals surface area contributed by atoms with Gasteiger partial charge >= 0.3 is 6.18 Å². The second-order valence-corrected chi connectivity index (χ2v) is 7.19. The topological polar surface area (TPSA) is 54.5 Å². The highest BCUT2D eigenvalue weighted by Gasteiger charge is 2.35. The second kappa shape index (κ2) is 5.67.